The fraction of sp³-hybridized carbons (Fsp3) is 0.273. The lowest BCUT2D eigenvalue weighted by atomic mass is 10.1. The first-order valence-electron chi connectivity index (χ1n) is 4.48. The van der Waals surface area contributed by atoms with Gasteiger partial charge in [0, 0.05) is 5.88 Å². The van der Waals surface area contributed by atoms with E-state index >= 15 is 0 Å². The molecular formula is C11H10ClF3. The smallest absolute Gasteiger partial charge is 0.194 e. The van der Waals surface area contributed by atoms with E-state index in [-0.39, 0.29) is 11.4 Å². The van der Waals surface area contributed by atoms with Gasteiger partial charge in [0.25, 0.3) is 0 Å². The number of alkyl halides is 1. The van der Waals surface area contributed by atoms with E-state index in [1.165, 1.54) is 0 Å². The van der Waals surface area contributed by atoms with Crippen molar-refractivity contribution in [3.63, 3.8) is 0 Å². The van der Waals surface area contributed by atoms with Crippen LogP contribution in [0.4, 0.5) is 13.2 Å². The second-order valence-corrected chi connectivity index (χ2v) is 3.36. The maximum atomic E-state index is 12.8. The second kappa shape index (κ2) is 5.21. The molecule has 0 atom stereocenters. The highest BCUT2D eigenvalue weighted by Crippen LogP contribution is 2.17. The second-order valence-electron chi connectivity index (χ2n) is 3.09. The third-order valence-electron chi connectivity index (χ3n) is 2.00. The molecule has 4 heteroatoms. The summed E-state index contributed by atoms with van der Waals surface area (Å²) in [6.07, 6.45) is 2.24. The Balaban J connectivity index is 3.11. The van der Waals surface area contributed by atoms with Crippen LogP contribution in [0.15, 0.2) is 17.7 Å². The van der Waals surface area contributed by atoms with E-state index in [2.05, 4.69) is 0 Å². The van der Waals surface area contributed by atoms with Crippen molar-refractivity contribution in [3.05, 3.63) is 40.7 Å². The lowest BCUT2D eigenvalue weighted by Gasteiger charge is -2.01. The molecule has 0 N–H and O–H groups in total. The fourth-order valence-electron chi connectivity index (χ4n) is 1.13. The molecule has 0 saturated heterocycles. The van der Waals surface area contributed by atoms with E-state index in [4.69, 9.17) is 11.6 Å². The Bertz CT molecular complexity index is 356. The molecule has 0 spiro atoms. The summed E-state index contributed by atoms with van der Waals surface area (Å²) < 4.78 is 38.3. The minimum atomic E-state index is -1.45. The zero-order chi connectivity index (χ0) is 11.4. The quantitative estimate of drug-likeness (QED) is 0.545. The standard InChI is InChI=1S/C11H10ClF3/c1-2-7(6-12)3-8-4-9(13)11(15)10(14)5-8/h3-5H,2,6H2,1H3. The molecule has 0 aliphatic heterocycles. The number of benzene rings is 1. The Morgan fingerprint density at radius 3 is 2.20 bits per heavy atom. The maximum absolute atomic E-state index is 12.8. The average Bonchev–Trinajstić information content (AvgIpc) is 2.22. The zero-order valence-electron chi connectivity index (χ0n) is 8.16. The van der Waals surface area contributed by atoms with Crippen molar-refractivity contribution in [2.24, 2.45) is 0 Å². The first kappa shape index (κ1) is 12.1. The summed E-state index contributed by atoms with van der Waals surface area (Å²) in [6, 6.07) is 1.89. The summed E-state index contributed by atoms with van der Waals surface area (Å²) >= 11 is 5.60. The van der Waals surface area contributed by atoms with Gasteiger partial charge in [-0.3, -0.25) is 0 Å². The van der Waals surface area contributed by atoms with Crippen molar-refractivity contribution in [1.29, 1.82) is 0 Å². The molecule has 1 rings (SSSR count). The number of rotatable bonds is 3. The summed E-state index contributed by atoms with van der Waals surface area (Å²) in [5, 5.41) is 0. The van der Waals surface area contributed by atoms with E-state index in [1.807, 2.05) is 6.92 Å². The van der Waals surface area contributed by atoms with Crippen LogP contribution in [-0.4, -0.2) is 5.88 Å². The van der Waals surface area contributed by atoms with Gasteiger partial charge in [-0.2, -0.15) is 0 Å². The van der Waals surface area contributed by atoms with Gasteiger partial charge in [0.15, 0.2) is 17.5 Å². The topological polar surface area (TPSA) is 0 Å². The molecule has 0 aliphatic carbocycles. The molecule has 0 amide bonds. The molecular weight excluding hydrogens is 225 g/mol. The van der Waals surface area contributed by atoms with E-state index in [1.54, 1.807) is 6.08 Å². The van der Waals surface area contributed by atoms with E-state index in [0.717, 1.165) is 17.7 Å². The highest BCUT2D eigenvalue weighted by atomic mass is 35.5. The Morgan fingerprint density at radius 2 is 1.80 bits per heavy atom. The summed E-state index contributed by atoms with van der Waals surface area (Å²) in [6.45, 7) is 1.88. The predicted molar refractivity (Wildman–Crippen MR) is 55.3 cm³/mol. The monoisotopic (exact) mass is 234 g/mol. The fourth-order valence-corrected chi connectivity index (χ4v) is 1.40. The lowest BCUT2D eigenvalue weighted by Crippen LogP contribution is -1.92. The van der Waals surface area contributed by atoms with Crippen LogP contribution < -0.4 is 0 Å². The molecule has 0 saturated carbocycles. The van der Waals surface area contributed by atoms with Crippen LogP contribution in [0, 0.1) is 17.5 Å². The molecule has 15 heavy (non-hydrogen) atoms. The van der Waals surface area contributed by atoms with Gasteiger partial charge in [-0.1, -0.05) is 18.6 Å². The number of hydrogen-bond donors (Lipinski definition) is 0. The van der Waals surface area contributed by atoms with Gasteiger partial charge < -0.3 is 0 Å². The van der Waals surface area contributed by atoms with E-state index in [0.29, 0.717) is 6.42 Å². The molecule has 0 fully saturated rings. The van der Waals surface area contributed by atoms with Gasteiger partial charge in [0.05, 0.1) is 0 Å². The first-order valence-corrected chi connectivity index (χ1v) is 5.01. The van der Waals surface area contributed by atoms with Crippen molar-refractivity contribution >= 4 is 17.7 Å². The van der Waals surface area contributed by atoms with Crippen LogP contribution in [0.25, 0.3) is 6.08 Å². The normalized spacial score (nSPS) is 11.9. The highest BCUT2D eigenvalue weighted by molar-refractivity contribution is 6.19. The molecule has 0 aliphatic rings. The number of halogens is 4. The van der Waals surface area contributed by atoms with Gasteiger partial charge in [0.2, 0.25) is 0 Å². The van der Waals surface area contributed by atoms with Gasteiger partial charge in [-0.15, -0.1) is 11.6 Å². The third kappa shape index (κ3) is 2.99. The van der Waals surface area contributed by atoms with Crippen LogP contribution >= 0.6 is 11.6 Å². The summed E-state index contributed by atoms with van der Waals surface area (Å²) in [7, 11) is 0. The highest BCUT2D eigenvalue weighted by Gasteiger charge is 2.09. The van der Waals surface area contributed by atoms with Crippen molar-refractivity contribution in [2.45, 2.75) is 13.3 Å². The van der Waals surface area contributed by atoms with Crippen LogP contribution in [0.5, 0.6) is 0 Å². The van der Waals surface area contributed by atoms with Gasteiger partial charge in [-0.25, -0.2) is 13.2 Å². The van der Waals surface area contributed by atoms with Gasteiger partial charge in [-0.05, 0) is 24.1 Å². The Hall–Kier alpha value is -0.960. The molecule has 0 aromatic heterocycles. The van der Waals surface area contributed by atoms with Crippen molar-refractivity contribution < 1.29 is 13.2 Å². The van der Waals surface area contributed by atoms with Crippen molar-refractivity contribution in [2.75, 3.05) is 5.88 Å². The number of hydrogen-bond acceptors (Lipinski definition) is 0. The van der Waals surface area contributed by atoms with E-state index < -0.39 is 17.5 Å². The van der Waals surface area contributed by atoms with Crippen LogP contribution in [0.3, 0.4) is 0 Å². The SMILES string of the molecule is CCC(=Cc1cc(F)c(F)c(F)c1)CCl. The molecule has 0 unspecified atom stereocenters. The molecule has 0 bridgehead atoms. The van der Waals surface area contributed by atoms with E-state index in [9.17, 15) is 13.2 Å². The predicted octanol–water partition coefficient (Wildman–Crippen LogP) is 4.14. The third-order valence-corrected chi connectivity index (χ3v) is 2.35. The summed E-state index contributed by atoms with van der Waals surface area (Å²) in [4.78, 5) is 0. The first-order chi connectivity index (χ1) is 7.08. The van der Waals surface area contributed by atoms with Crippen molar-refractivity contribution in [3.8, 4) is 0 Å². The molecule has 82 valence electrons. The molecule has 0 radical (unpaired) electrons. The molecule has 1 aromatic rings. The van der Waals surface area contributed by atoms with Crippen LogP contribution in [0.2, 0.25) is 0 Å². The largest absolute Gasteiger partial charge is 0.204 e. The maximum Gasteiger partial charge on any atom is 0.194 e. The minimum absolute atomic E-state index is 0.281. The molecule has 1 aromatic carbocycles. The zero-order valence-corrected chi connectivity index (χ0v) is 8.91. The average molecular weight is 235 g/mol. The Kier molecular flexibility index (Phi) is 4.21. The molecule has 0 heterocycles. The Morgan fingerprint density at radius 1 is 1.27 bits per heavy atom. The molecule has 0 nitrogen and oxygen atoms in total. The lowest BCUT2D eigenvalue weighted by molar-refractivity contribution is 0.447. The summed E-state index contributed by atoms with van der Waals surface area (Å²) in [5.41, 5.74) is 1.12. The van der Waals surface area contributed by atoms with Crippen LogP contribution in [0.1, 0.15) is 18.9 Å². The van der Waals surface area contributed by atoms with Crippen molar-refractivity contribution in [1.82, 2.24) is 0 Å². The minimum Gasteiger partial charge on any atom is -0.204 e. The van der Waals surface area contributed by atoms with Crippen LogP contribution in [-0.2, 0) is 0 Å². The van der Waals surface area contributed by atoms with Gasteiger partial charge in [0.1, 0.15) is 0 Å². The van der Waals surface area contributed by atoms with Gasteiger partial charge >= 0.3 is 0 Å². The Labute approximate surface area is 91.4 Å². The summed E-state index contributed by atoms with van der Waals surface area (Å²) in [5.74, 6) is -3.54. The number of allylic oxidation sites excluding steroid dienone is 1.